The van der Waals surface area contributed by atoms with E-state index in [1.54, 1.807) is 0 Å². The summed E-state index contributed by atoms with van der Waals surface area (Å²) in [7, 11) is 0. The molecule has 0 saturated carbocycles. The van der Waals surface area contributed by atoms with Crippen molar-refractivity contribution in [2.45, 2.75) is 42.3 Å². The van der Waals surface area contributed by atoms with E-state index in [0.717, 1.165) is 0 Å². The van der Waals surface area contributed by atoms with E-state index in [9.17, 15) is 57.1 Å². The predicted molar refractivity (Wildman–Crippen MR) is 79.1 cm³/mol. The minimum Gasteiger partial charge on any atom is -0.194 e. The molecule has 168 valence electrons. The van der Waals surface area contributed by atoms with Crippen molar-refractivity contribution in [2.24, 2.45) is 0 Å². The van der Waals surface area contributed by atoms with Crippen LogP contribution in [-0.2, 0) is 5.92 Å². The number of rotatable bonds is 6. The largest absolute Gasteiger partial charge is 0.460 e. The normalized spacial score (nSPS) is 15.6. The van der Waals surface area contributed by atoms with Crippen molar-refractivity contribution in [1.82, 2.24) is 0 Å². The zero-order chi connectivity index (χ0) is 23.5. The van der Waals surface area contributed by atoms with Gasteiger partial charge in [0.25, 0.3) is 6.69 Å². The average molecular weight is 509 g/mol. The Balaban J connectivity index is 3.54. The Hall–Kier alpha value is -0.893. The number of benzene rings is 1. The number of halogens is 15. The molecule has 1 rings (SSSR count). The van der Waals surface area contributed by atoms with Crippen molar-refractivity contribution in [3.05, 3.63) is 29.8 Å². The molecule has 0 unspecified atom stereocenters. The summed E-state index contributed by atoms with van der Waals surface area (Å²) in [6, 6.07) is 1.17. The lowest BCUT2D eigenvalue weighted by molar-refractivity contribution is -0.441. The van der Waals surface area contributed by atoms with Gasteiger partial charge in [-0.3, -0.25) is 0 Å². The van der Waals surface area contributed by atoms with E-state index in [1.807, 2.05) is 0 Å². The highest BCUT2D eigenvalue weighted by Crippen LogP contribution is 2.61. The van der Waals surface area contributed by atoms with E-state index in [-0.39, 0.29) is 17.3 Å². The molecule has 0 aliphatic rings. The molecule has 0 amide bonds. The third-order valence-electron chi connectivity index (χ3n) is 3.69. The van der Waals surface area contributed by atoms with Crippen LogP contribution in [0.25, 0.3) is 0 Å². The van der Waals surface area contributed by atoms with Gasteiger partial charge in [0, 0.05) is 5.56 Å². The van der Waals surface area contributed by atoms with Crippen LogP contribution in [0.2, 0.25) is 6.55 Å². The topological polar surface area (TPSA) is 0 Å². The predicted octanol–water partition coefficient (Wildman–Crippen LogP) is 6.64. The Morgan fingerprint density at radius 3 is 1.24 bits per heavy atom. The molecule has 0 bridgehead atoms. The van der Waals surface area contributed by atoms with Gasteiger partial charge >= 0.3 is 35.8 Å². The van der Waals surface area contributed by atoms with Crippen LogP contribution >= 0.6 is 22.2 Å². The molecular formula is C13H7Cl2F13Si. The van der Waals surface area contributed by atoms with Crippen molar-refractivity contribution >= 4 is 34.0 Å². The Morgan fingerprint density at radius 2 is 0.931 bits per heavy atom. The maximum absolute atomic E-state index is 13.9. The fraction of sp³-hybridized carbons (Fsp3) is 0.538. The summed E-state index contributed by atoms with van der Waals surface area (Å²) in [5.41, 5.74) is -2.08. The molecule has 0 radical (unpaired) electrons. The number of alkyl halides is 13. The maximum Gasteiger partial charge on any atom is 0.460 e. The van der Waals surface area contributed by atoms with Gasteiger partial charge in [0.15, 0.2) is 0 Å². The standard InChI is InChI=1S/C13H7Cl2F13Si/c1-29(14,15)7-4-2-6(3-5-7)8(16,17)9(18,19)10(20,21)11(22,23)12(24,25)13(26,27)28/h2-5H,1H3. The first-order valence-corrected chi connectivity index (χ1v) is 11.4. The van der Waals surface area contributed by atoms with Crippen molar-refractivity contribution in [1.29, 1.82) is 0 Å². The van der Waals surface area contributed by atoms with Gasteiger partial charge in [-0.25, -0.2) is 0 Å². The third kappa shape index (κ3) is 3.91. The molecule has 0 nitrogen and oxygen atoms in total. The fourth-order valence-corrected chi connectivity index (χ4v) is 3.43. The van der Waals surface area contributed by atoms with Gasteiger partial charge in [-0.2, -0.15) is 57.1 Å². The van der Waals surface area contributed by atoms with Crippen LogP contribution in [0.4, 0.5) is 57.1 Å². The Morgan fingerprint density at radius 1 is 0.586 bits per heavy atom. The molecule has 0 heterocycles. The molecule has 1 aromatic carbocycles. The maximum atomic E-state index is 13.9. The highest BCUT2D eigenvalue weighted by atomic mass is 35.7. The minimum absolute atomic E-state index is 0.0232. The lowest BCUT2D eigenvalue weighted by Gasteiger charge is -2.39. The van der Waals surface area contributed by atoms with Gasteiger partial charge in [0.2, 0.25) is 0 Å². The quantitative estimate of drug-likeness (QED) is 0.229. The Kier molecular flexibility index (Phi) is 6.38. The molecule has 0 N–H and O–H groups in total. The molecule has 0 spiro atoms. The molecule has 0 fully saturated rings. The number of hydrogen-bond acceptors (Lipinski definition) is 0. The smallest absolute Gasteiger partial charge is 0.194 e. The summed E-state index contributed by atoms with van der Waals surface area (Å²) in [6.45, 7) is -2.04. The van der Waals surface area contributed by atoms with Crippen LogP contribution in [0.5, 0.6) is 0 Å². The molecular weight excluding hydrogens is 502 g/mol. The molecule has 0 aliphatic carbocycles. The second-order valence-electron chi connectivity index (χ2n) is 5.84. The lowest BCUT2D eigenvalue weighted by Crippen LogP contribution is -2.69. The fourth-order valence-electron chi connectivity index (χ4n) is 1.92. The van der Waals surface area contributed by atoms with Gasteiger partial charge < -0.3 is 0 Å². The van der Waals surface area contributed by atoms with E-state index in [4.69, 9.17) is 22.2 Å². The van der Waals surface area contributed by atoms with Gasteiger partial charge in [0.1, 0.15) is 0 Å². The molecule has 0 aromatic heterocycles. The van der Waals surface area contributed by atoms with Gasteiger partial charge in [-0.05, 0) is 11.7 Å². The SMILES string of the molecule is C[Si](Cl)(Cl)c1ccc(C(F)(F)C(F)(F)C(F)(F)C(F)(F)C(F)(F)C(F)(F)F)cc1. The van der Waals surface area contributed by atoms with Crippen molar-refractivity contribution < 1.29 is 57.1 Å². The highest BCUT2D eigenvalue weighted by Gasteiger charge is 2.90. The first-order chi connectivity index (χ1) is 12.5. The second kappa shape index (κ2) is 7.07. The van der Waals surface area contributed by atoms with Crippen LogP contribution < -0.4 is 5.19 Å². The van der Waals surface area contributed by atoms with Crippen LogP contribution in [-0.4, -0.2) is 36.6 Å². The molecule has 1 aromatic rings. The van der Waals surface area contributed by atoms with Crippen molar-refractivity contribution in [2.75, 3.05) is 0 Å². The van der Waals surface area contributed by atoms with Crippen molar-refractivity contribution in [3.63, 3.8) is 0 Å². The van der Waals surface area contributed by atoms with Crippen LogP contribution in [0.15, 0.2) is 24.3 Å². The Bertz CT molecular complexity index is 735. The Labute approximate surface area is 164 Å². The third-order valence-corrected chi connectivity index (χ3v) is 6.34. The zero-order valence-electron chi connectivity index (χ0n) is 13.5. The molecule has 0 aliphatic heterocycles. The van der Waals surface area contributed by atoms with E-state index in [0.29, 0.717) is 12.1 Å². The first kappa shape index (κ1) is 26.1. The summed E-state index contributed by atoms with van der Waals surface area (Å²) in [5, 5.41) is -0.107. The zero-order valence-corrected chi connectivity index (χ0v) is 16.0. The van der Waals surface area contributed by atoms with Crippen LogP contribution in [0.3, 0.4) is 0 Å². The van der Waals surface area contributed by atoms with Crippen molar-refractivity contribution in [3.8, 4) is 0 Å². The van der Waals surface area contributed by atoms with E-state index in [1.165, 1.54) is 6.55 Å². The monoisotopic (exact) mass is 508 g/mol. The molecule has 29 heavy (non-hydrogen) atoms. The summed E-state index contributed by atoms with van der Waals surface area (Å²) in [5.74, 6) is -37.2. The second-order valence-corrected chi connectivity index (χ2v) is 13.3. The molecule has 16 heteroatoms. The first-order valence-electron chi connectivity index (χ1n) is 6.91. The van der Waals surface area contributed by atoms with Gasteiger partial charge in [-0.15, -0.1) is 22.2 Å². The number of hydrogen-bond donors (Lipinski definition) is 0. The van der Waals surface area contributed by atoms with Crippen LogP contribution in [0.1, 0.15) is 5.56 Å². The van der Waals surface area contributed by atoms with E-state index in [2.05, 4.69) is 0 Å². The lowest BCUT2D eigenvalue weighted by atomic mass is 9.90. The minimum atomic E-state index is -7.93. The van der Waals surface area contributed by atoms with E-state index < -0.39 is 48.0 Å². The highest BCUT2D eigenvalue weighted by molar-refractivity contribution is 7.50. The summed E-state index contributed by atoms with van der Waals surface area (Å²) in [4.78, 5) is 0. The summed E-state index contributed by atoms with van der Waals surface area (Å²) in [6.07, 6.45) is -7.44. The van der Waals surface area contributed by atoms with Gasteiger partial charge in [0.05, 0.1) is 0 Å². The summed E-state index contributed by atoms with van der Waals surface area (Å²) < 4.78 is 170. The van der Waals surface area contributed by atoms with Crippen LogP contribution in [0, 0.1) is 0 Å². The van der Waals surface area contributed by atoms with E-state index >= 15 is 0 Å². The average Bonchev–Trinajstić information content (AvgIpc) is 2.52. The van der Waals surface area contributed by atoms with Gasteiger partial charge in [-0.1, -0.05) is 24.3 Å². The summed E-state index contributed by atoms with van der Waals surface area (Å²) >= 11 is 11.4. The molecule has 0 atom stereocenters. The molecule has 0 saturated heterocycles.